The van der Waals surface area contributed by atoms with Crippen molar-refractivity contribution in [1.29, 1.82) is 0 Å². The van der Waals surface area contributed by atoms with E-state index in [4.69, 9.17) is 11.5 Å². The number of urea groups is 1. The van der Waals surface area contributed by atoms with Gasteiger partial charge in [-0.25, -0.2) is 14.0 Å². The molecular formula is C23H24FN5O3. The minimum atomic E-state index is -0.693. The number of carbonyl (C=O) groups excluding carboxylic acids is 3. The molecule has 0 radical (unpaired) electrons. The van der Waals surface area contributed by atoms with Gasteiger partial charge in [0.05, 0.1) is 17.2 Å². The molecule has 0 unspecified atom stereocenters. The van der Waals surface area contributed by atoms with Crippen LogP contribution in [0.2, 0.25) is 0 Å². The Morgan fingerprint density at radius 3 is 2.56 bits per heavy atom. The summed E-state index contributed by atoms with van der Waals surface area (Å²) in [4.78, 5) is 39.1. The van der Waals surface area contributed by atoms with Gasteiger partial charge >= 0.3 is 12.1 Å². The van der Waals surface area contributed by atoms with Gasteiger partial charge in [0.2, 0.25) is 0 Å². The van der Waals surface area contributed by atoms with E-state index in [1.165, 1.54) is 21.7 Å². The number of benzene rings is 2. The van der Waals surface area contributed by atoms with E-state index in [1.54, 1.807) is 42.5 Å². The molecule has 1 aromatic heterocycles. The number of anilines is 1. The van der Waals surface area contributed by atoms with Crippen LogP contribution >= 0.6 is 0 Å². The van der Waals surface area contributed by atoms with Gasteiger partial charge in [0.25, 0.3) is 0 Å². The molecule has 3 aromatic rings. The maximum atomic E-state index is 13.9. The van der Waals surface area contributed by atoms with Crippen LogP contribution in [0, 0.1) is 5.82 Å². The lowest BCUT2D eigenvalue weighted by Gasteiger charge is -2.23. The molecule has 0 bridgehead atoms. The highest BCUT2D eigenvalue weighted by atomic mass is 19.1. The lowest BCUT2D eigenvalue weighted by Crippen LogP contribution is -2.43. The Morgan fingerprint density at radius 2 is 1.81 bits per heavy atom. The average Bonchev–Trinajstić information content (AvgIpc) is 3.34. The van der Waals surface area contributed by atoms with E-state index in [-0.39, 0.29) is 37.0 Å². The molecule has 0 aliphatic carbocycles. The summed E-state index contributed by atoms with van der Waals surface area (Å²) in [6, 6.07) is 11.1. The number of nitrogens with two attached hydrogens (primary N) is 2. The Labute approximate surface area is 184 Å². The quantitative estimate of drug-likeness (QED) is 0.568. The molecule has 9 heteroatoms. The van der Waals surface area contributed by atoms with Crippen LogP contribution in [0.1, 0.15) is 18.4 Å². The number of nitrogens with zero attached hydrogens (tertiary/aromatic N) is 2. The Balaban J connectivity index is 1.50. The molecule has 1 aliphatic rings. The summed E-state index contributed by atoms with van der Waals surface area (Å²) in [5.41, 5.74) is 12.9. The van der Waals surface area contributed by atoms with Gasteiger partial charge in [0.15, 0.2) is 5.78 Å². The summed E-state index contributed by atoms with van der Waals surface area (Å²) in [5.74, 6) is -0.528. The highest BCUT2D eigenvalue weighted by Gasteiger charge is 2.38. The summed E-state index contributed by atoms with van der Waals surface area (Å²) in [6.45, 7) is 0.219. The number of Topliss-reactive ketones (excluding diaryl/α,β-unsaturated/α-hetero) is 1. The molecule has 1 aliphatic heterocycles. The second-order valence-electron chi connectivity index (χ2n) is 7.92. The van der Waals surface area contributed by atoms with E-state index in [9.17, 15) is 18.8 Å². The first-order valence-corrected chi connectivity index (χ1v) is 10.3. The lowest BCUT2D eigenvalue weighted by molar-refractivity contribution is -0.122. The fraction of sp³-hybridized carbons (Fsp3) is 0.261. The predicted octanol–water partition coefficient (Wildman–Crippen LogP) is 2.84. The number of carbonyl (C=O) groups is 3. The third-order valence-corrected chi connectivity index (χ3v) is 5.76. The monoisotopic (exact) mass is 437 g/mol. The van der Waals surface area contributed by atoms with E-state index < -0.39 is 18.1 Å². The van der Waals surface area contributed by atoms with E-state index in [2.05, 4.69) is 5.32 Å². The Kier molecular flexibility index (Phi) is 5.91. The van der Waals surface area contributed by atoms with Crippen LogP contribution in [0.25, 0.3) is 10.9 Å². The average molecular weight is 437 g/mol. The van der Waals surface area contributed by atoms with Crippen molar-refractivity contribution in [3.8, 4) is 0 Å². The summed E-state index contributed by atoms with van der Waals surface area (Å²) in [6.07, 6.45) is 2.14. The molecular weight excluding hydrogens is 413 g/mol. The first-order valence-electron chi connectivity index (χ1n) is 10.3. The second-order valence-corrected chi connectivity index (χ2v) is 7.92. The smallest absolute Gasteiger partial charge is 0.323 e. The summed E-state index contributed by atoms with van der Waals surface area (Å²) in [7, 11) is 0. The zero-order valence-corrected chi connectivity index (χ0v) is 17.3. The van der Waals surface area contributed by atoms with E-state index in [1.807, 2.05) is 0 Å². The first kappa shape index (κ1) is 21.5. The van der Waals surface area contributed by atoms with Gasteiger partial charge in [-0.3, -0.25) is 9.36 Å². The molecule has 1 fully saturated rings. The van der Waals surface area contributed by atoms with Gasteiger partial charge in [-0.2, -0.15) is 0 Å². The van der Waals surface area contributed by atoms with E-state index >= 15 is 0 Å². The van der Waals surface area contributed by atoms with Crippen molar-refractivity contribution in [2.24, 2.45) is 11.5 Å². The highest BCUT2D eigenvalue weighted by molar-refractivity contribution is 6.05. The number of amides is 3. The summed E-state index contributed by atoms with van der Waals surface area (Å²) in [5, 5.41) is 3.43. The third kappa shape index (κ3) is 4.19. The van der Waals surface area contributed by atoms with Gasteiger partial charge in [-0.1, -0.05) is 36.4 Å². The molecule has 1 saturated heterocycles. The third-order valence-electron chi connectivity index (χ3n) is 5.76. The summed E-state index contributed by atoms with van der Waals surface area (Å²) >= 11 is 0. The Morgan fingerprint density at radius 1 is 1.09 bits per heavy atom. The zero-order chi connectivity index (χ0) is 22.8. The normalized spacial score (nSPS) is 18.1. The molecule has 3 amide bonds. The maximum absolute atomic E-state index is 13.9. The lowest BCUT2D eigenvalue weighted by atomic mass is 10.0. The van der Waals surface area contributed by atoms with Crippen LogP contribution in [0.5, 0.6) is 0 Å². The van der Waals surface area contributed by atoms with Crippen LogP contribution in [-0.4, -0.2) is 45.9 Å². The number of aryl methyl sites for hydroxylation is 1. The van der Waals surface area contributed by atoms with Crippen molar-refractivity contribution in [3.05, 3.63) is 66.1 Å². The molecule has 5 N–H and O–H groups in total. The van der Waals surface area contributed by atoms with Crippen LogP contribution in [0.15, 0.2) is 54.7 Å². The minimum absolute atomic E-state index is 0.100. The molecule has 32 heavy (non-hydrogen) atoms. The number of nitrogens with one attached hydrogen (secondary N) is 1. The number of ketones is 1. The second kappa shape index (κ2) is 8.80. The molecule has 166 valence electrons. The van der Waals surface area contributed by atoms with E-state index in [0.29, 0.717) is 28.6 Å². The number of hydrogen-bond donors (Lipinski definition) is 3. The number of para-hydroxylation sites is 1. The number of likely N-dealkylation sites (tertiary alicyclic amines) is 1. The molecule has 4 rings (SSSR count). The minimum Gasteiger partial charge on any atom is -0.351 e. The van der Waals surface area contributed by atoms with Crippen molar-refractivity contribution in [1.82, 2.24) is 9.47 Å². The van der Waals surface area contributed by atoms with Crippen LogP contribution in [0.4, 0.5) is 19.7 Å². The number of halogens is 1. The van der Waals surface area contributed by atoms with Gasteiger partial charge in [-0.05, 0) is 30.5 Å². The van der Waals surface area contributed by atoms with E-state index in [0.717, 1.165) is 0 Å². The van der Waals surface area contributed by atoms with Crippen molar-refractivity contribution in [2.75, 3.05) is 11.9 Å². The van der Waals surface area contributed by atoms with Gasteiger partial charge in [-0.15, -0.1) is 0 Å². The fourth-order valence-electron chi connectivity index (χ4n) is 4.17. The molecule has 2 atom stereocenters. The van der Waals surface area contributed by atoms with Gasteiger partial charge in [0.1, 0.15) is 5.82 Å². The zero-order valence-electron chi connectivity index (χ0n) is 17.3. The molecule has 8 nitrogen and oxygen atoms in total. The number of hydrogen-bond acceptors (Lipinski definition) is 4. The number of aromatic nitrogens is 1. The SMILES string of the molecule is NC(=O)n1cc(NC(=O)N2C[C@@H](N)C[C@H]2C(=O)CCc2ccccc2F)c2ccccc21. The molecule has 0 spiro atoms. The number of fused-ring (bicyclic) bond motifs is 1. The number of primary amides is 1. The molecule has 0 saturated carbocycles. The highest BCUT2D eigenvalue weighted by Crippen LogP contribution is 2.27. The largest absolute Gasteiger partial charge is 0.351 e. The Hall–Kier alpha value is -3.72. The Bertz CT molecular complexity index is 1190. The van der Waals surface area contributed by atoms with Crippen molar-refractivity contribution in [3.63, 3.8) is 0 Å². The van der Waals surface area contributed by atoms with Crippen molar-refractivity contribution >= 4 is 34.4 Å². The maximum Gasteiger partial charge on any atom is 0.323 e. The standard InChI is InChI=1S/C23H24FN5O3/c24-17-7-3-1-5-14(17)9-10-21(30)20-11-15(25)12-29(20)23(32)27-18-13-28(22(26)31)19-8-4-2-6-16(18)19/h1-8,13,15,20H,9-12,25H2,(H2,26,31)(H,27,32)/t15-,20-/m0/s1. The fourth-order valence-corrected chi connectivity index (χ4v) is 4.17. The van der Waals surface area contributed by atoms with Gasteiger partial charge in [0, 0.05) is 30.6 Å². The first-order chi connectivity index (χ1) is 15.3. The van der Waals surface area contributed by atoms with Gasteiger partial charge < -0.3 is 21.7 Å². The van der Waals surface area contributed by atoms with Crippen molar-refractivity contribution < 1.29 is 18.8 Å². The number of rotatable bonds is 5. The predicted molar refractivity (Wildman–Crippen MR) is 119 cm³/mol. The van der Waals surface area contributed by atoms with Crippen molar-refractivity contribution in [2.45, 2.75) is 31.3 Å². The van der Waals surface area contributed by atoms with Crippen LogP contribution < -0.4 is 16.8 Å². The summed E-state index contributed by atoms with van der Waals surface area (Å²) < 4.78 is 15.1. The topological polar surface area (TPSA) is 123 Å². The van der Waals surface area contributed by atoms with Crippen LogP contribution in [0.3, 0.4) is 0 Å². The molecule has 2 aromatic carbocycles. The molecule has 2 heterocycles. The van der Waals surface area contributed by atoms with Crippen LogP contribution in [-0.2, 0) is 11.2 Å².